The standard InChI is InChI=1S/C27H42O4/c1-6-7-10-19(2)24(28)14-13-22-23-16-20(15-21(23)17-25(22)29)11-8-9-12-26(30)31-18-27(3,4)5/h11,13-14,19,21-25,28-29H,8-10,12,15-18H2,1-5H3. The first kappa shape index (κ1) is 25.7. The van der Waals surface area contributed by atoms with Gasteiger partial charge >= 0.3 is 5.97 Å². The molecule has 0 aliphatic heterocycles. The summed E-state index contributed by atoms with van der Waals surface area (Å²) in [6.07, 6.45) is 11.1. The number of fused-ring (bicyclic) bond motifs is 1. The molecule has 0 radical (unpaired) electrons. The van der Waals surface area contributed by atoms with Crippen LogP contribution in [0.15, 0.2) is 23.8 Å². The summed E-state index contributed by atoms with van der Waals surface area (Å²) in [4.78, 5) is 11.9. The fraction of sp³-hybridized carbons (Fsp3) is 0.741. The number of ether oxygens (including phenoxy) is 1. The normalized spacial score (nSPS) is 28.9. The molecule has 0 aromatic heterocycles. The third-order valence-corrected chi connectivity index (χ3v) is 6.51. The van der Waals surface area contributed by atoms with Crippen molar-refractivity contribution in [1.29, 1.82) is 0 Å². The first-order valence-corrected chi connectivity index (χ1v) is 11.9. The topological polar surface area (TPSA) is 66.8 Å². The minimum absolute atomic E-state index is 0.00646. The van der Waals surface area contributed by atoms with Gasteiger partial charge in [0.15, 0.2) is 0 Å². The minimum atomic E-state index is -0.526. The molecule has 2 aliphatic carbocycles. The van der Waals surface area contributed by atoms with Gasteiger partial charge in [-0.05, 0) is 62.2 Å². The molecule has 4 nitrogen and oxygen atoms in total. The van der Waals surface area contributed by atoms with Crippen LogP contribution < -0.4 is 0 Å². The Morgan fingerprint density at radius 1 is 1.32 bits per heavy atom. The van der Waals surface area contributed by atoms with Crippen LogP contribution in [-0.4, -0.2) is 35.0 Å². The molecule has 2 N–H and O–H groups in total. The molecular formula is C27H42O4. The number of aliphatic hydroxyl groups is 2. The SMILES string of the molecule is CC#CCC(C)C(O)C=CC1C(O)CC2CC(=CCCCC(=O)OCC(C)(C)C)CC21. The van der Waals surface area contributed by atoms with Gasteiger partial charge in [-0.25, -0.2) is 0 Å². The highest BCUT2D eigenvalue weighted by Gasteiger charge is 2.44. The van der Waals surface area contributed by atoms with Crippen molar-refractivity contribution in [3.8, 4) is 11.8 Å². The van der Waals surface area contributed by atoms with Crippen molar-refractivity contribution in [2.24, 2.45) is 29.1 Å². The lowest BCUT2D eigenvalue weighted by molar-refractivity contribution is -0.146. The molecule has 2 rings (SSSR count). The van der Waals surface area contributed by atoms with E-state index in [1.165, 1.54) is 5.57 Å². The smallest absolute Gasteiger partial charge is 0.305 e. The first-order chi connectivity index (χ1) is 14.6. The van der Waals surface area contributed by atoms with Gasteiger partial charge in [0, 0.05) is 18.8 Å². The lowest BCUT2D eigenvalue weighted by atomic mass is 9.89. The summed E-state index contributed by atoms with van der Waals surface area (Å²) in [7, 11) is 0. The van der Waals surface area contributed by atoms with Crippen LogP contribution in [0.2, 0.25) is 0 Å². The van der Waals surface area contributed by atoms with Gasteiger partial charge in [0.25, 0.3) is 0 Å². The van der Waals surface area contributed by atoms with Crippen molar-refractivity contribution < 1.29 is 19.7 Å². The Bertz CT molecular complexity index is 703. The third-order valence-electron chi connectivity index (χ3n) is 6.51. The largest absolute Gasteiger partial charge is 0.465 e. The van der Waals surface area contributed by atoms with Crippen LogP contribution in [0.3, 0.4) is 0 Å². The summed E-state index contributed by atoms with van der Waals surface area (Å²) < 4.78 is 5.33. The van der Waals surface area contributed by atoms with Crippen LogP contribution in [-0.2, 0) is 9.53 Å². The zero-order chi connectivity index (χ0) is 23.0. The Morgan fingerprint density at radius 3 is 2.74 bits per heavy atom. The van der Waals surface area contributed by atoms with E-state index < -0.39 is 6.10 Å². The molecule has 0 heterocycles. The van der Waals surface area contributed by atoms with E-state index in [9.17, 15) is 15.0 Å². The highest BCUT2D eigenvalue weighted by molar-refractivity contribution is 5.69. The maximum absolute atomic E-state index is 11.9. The van der Waals surface area contributed by atoms with Crippen LogP contribution in [0, 0.1) is 40.9 Å². The second-order valence-corrected chi connectivity index (χ2v) is 10.7. The molecule has 6 atom stereocenters. The number of carbonyl (C=O) groups is 1. The summed E-state index contributed by atoms with van der Waals surface area (Å²) >= 11 is 0. The zero-order valence-corrected chi connectivity index (χ0v) is 20.1. The van der Waals surface area contributed by atoms with Crippen molar-refractivity contribution >= 4 is 5.97 Å². The van der Waals surface area contributed by atoms with E-state index in [4.69, 9.17) is 4.74 Å². The van der Waals surface area contributed by atoms with E-state index in [0.29, 0.717) is 31.3 Å². The van der Waals surface area contributed by atoms with Crippen LogP contribution in [0.1, 0.15) is 79.6 Å². The molecule has 2 fully saturated rings. The summed E-state index contributed by atoms with van der Waals surface area (Å²) in [5, 5.41) is 20.9. The maximum Gasteiger partial charge on any atom is 0.305 e. The van der Waals surface area contributed by atoms with Gasteiger partial charge in [-0.3, -0.25) is 4.79 Å². The molecule has 0 bridgehead atoms. The van der Waals surface area contributed by atoms with E-state index in [1.54, 1.807) is 0 Å². The zero-order valence-electron chi connectivity index (χ0n) is 20.1. The quantitative estimate of drug-likeness (QED) is 0.233. The summed E-state index contributed by atoms with van der Waals surface area (Å²) in [5.41, 5.74) is 1.46. The highest BCUT2D eigenvalue weighted by atomic mass is 16.5. The number of hydrogen-bond acceptors (Lipinski definition) is 4. The predicted molar refractivity (Wildman–Crippen MR) is 125 cm³/mol. The van der Waals surface area contributed by atoms with Crippen LogP contribution in [0.4, 0.5) is 0 Å². The van der Waals surface area contributed by atoms with Crippen LogP contribution >= 0.6 is 0 Å². The Balaban J connectivity index is 1.79. The number of aliphatic hydroxyl groups excluding tert-OH is 2. The second-order valence-electron chi connectivity index (χ2n) is 10.7. The number of carbonyl (C=O) groups excluding carboxylic acids is 1. The number of unbranched alkanes of at least 4 members (excludes halogenated alkanes) is 1. The van der Waals surface area contributed by atoms with Gasteiger partial charge in [-0.1, -0.05) is 51.5 Å². The van der Waals surface area contributed by atoms with Gasteiger partial charge < -0.3 is 14.9 Å². The Hall–Kier alpha value is -1.57. The molecule has 2 aliphatic rings. The summed E-state index contributed by atoms with van der Waals surface area (Å²) in [5.74, 6) is 6.97. The molecular weight excluding hydrogens is 388 g/mol. The Kier molecular flexibility index (Phi) is 9.85. The fourth-order valence-electron chi connectivity index (χ4n) is 4.68. The van der Waals surface area contributed by atoms with E-state index >= 15 is 0 Å². The van der Waals surface area contributed by atoms with E-state index in [-0.39, 0.29) is 29.3 Å². The van der Waals surface area contributed by atoms with Crippen molar-refractivity contribution in [3.05, 3.63) is 23.8 Å². The van der Waals surface area contributed by atoms with Gasteiger partial charge in [-0.2, -0.15) is 0 Å². The van der Waals surface area contributed by atoms with E-state index in [2.05, 4.69) is 38.7 Å². The van der Waals surface area contributed by atoms with Crippen LogP contribution in [0.25, 0.3) is 0 Å². The average molecular weight is 431 g/mol. The molecule has 0 spiro atoms. The van der Waals surface area contributed by atoms with Crippen molar-refractivity contribution in [2.45, 2.75) is 91.8 Å². The molecule has 174 valence electrons. The molecule has 0 amide bonds. The Labute approximate surface area is 189 Å². The molecule has 0 aromatic carbocycles. The van der Waals surface area contributed by atoms with Crippen LogP contribution in [0.5, 0.6) is 0 Å². The second kappa shape index (κ2) is 11.9. The van der Waals surface area contributed by atoms with Gasteiger partial charge in [0.2, 0.25) is 0 Å². The number of rotatable bonds is 9. The molecule has 2 saturated carbocycles. The molecule has 0 saturated heterocycles. The van der Waals surface area contributed by atoms with Crippen molar-refractivity contribution in [3.63, 3.8) is 0 Å². The van der Waals surface area contributed by atoms with E-state index in [0.717, 1.165) is 32.1 Å². The number of esters is 1. The number of allylic oxidation sites excluding steroid dienone is 2. The van der Waals surface area contributed by atoms with Crippen molar-refractivity contribution in [1.82, 2.24) is 0 Å². The molecule has 6 unspecified atom stereocenters. The number of hydrogen-bond donors (Lipinski definition) is 2. The highest BCUT2D eigenvalue weighted by Crippen LogP contribution is 2.50. The summed E-state index contributed by atoms with van der Waals surface area (Å²) in [6.45, 7) is 10.5. The van der Waals surface area contributed by atoms with Crippen molar-refractivity contribution in [2.75, 3.05) is 6.61 Å². The third kappa shape index (κ3) is 8.47. The van der Waals surface area contributed by atoms with Gasteiger partial charge in [0.1, 0.15) is 0 Å². The lowest BCUT2D eigenvalue weighted by Crippen LogP contribution is -2.19. The Morgan fingerprint density at radius 2 is 2.06 bits per heavy atom. The lowest BCUT2D eigenvalue weighted by Gasteiger charge is -2.19. The summed E-state index contributed by atoms with van der Waals surface area (Å²) in [6, 6.07) is 0. The molecule has 31 heavy (non-hydrogen) atoms. The van der Waals surface area contributed by atoms with Gasteiger partial charge in [-0.15, -0.1) is 11.8 Å². The van der Waals surface area contributed by atoms with E-state index in [1.807, 2.05) is 26.0 Å². The molecule has 0 aromatic rings. The monoisotopic (exact) mass is 430 g/mol. The fourth-order valence-corrected chi connectivity index (χ4v) is 4.68. The minimum Gasteiger partial charge on any atom is -0.465 e. The predicted octanol–water partition coefficient (Wildman–Crippen LogP) is 5.05. The maximum atomic E-state index is 11.9. The average Bonchev–Trinajstić information content (AvgIpc) is 3.21. The van der Waals surface area contributed by atoms with Gasteiger partial charge in [0.05, 0.1) is 18.8 Å². The first-order valence-electron chi connectivity index (χ1n) is 11.9. The molecule has 4 heteroatoms.